The highest BCUT2D eigenvalue weighted by molar-refractivity contribution is 5.85. The molecule has 0 aromatic heterocycles. The quantitative estimate of drug-likeness (QED) is 0.643. The number of hydrogen-bond acceptors (Lipinski definition) is 1. The lowest BCUT2D eigenvalue weighted by molar-refractivity contribution is 1.13. The van der Waals surface area contributed by atoms with E-state index in [1.807, 2.05) is 12.1 Å². The van der Waals surface area contributed by atoms with Gasteiger partial charge in [-0.05, 0) is 36.5 Å². The lowest BCUT2D eigenvalue weighted by Gasteiger charge is -1.96. The molecule has 1 saturated carbocycles. The molecule has 1 aliphatic carbocycles. The van der Waals surface area contributed by atoms with E-state index < -0.39 is 0 Å². The molecule has 2 rings (SSSR count). The van der Waals surface area contributed by atoms with Crippen molar-refractivity contribution >= 4 is 18.1 Å². The minimum atomic E-state index is 0. The lowest BCUT2D eigenvalue weighted by Crippen LogP contribution is -1.84. The van der Waals surface area contributed by atoms with Crippen LogP contribution in [0.1, 0.15) is 24.3 Å². The number of halogens is 1. The Morgan fingerprint density at radius 1 is 1.09 bits per heavy atom. The van der Waals surface area contributed by atoms with Crippen LogP contribution in [-0.4, -0.2) is 0 Å². The number of hydrogen-bond donors (Lipinski definition) is 1. The van der Waals surface area contributed by atoms with Gasteiger partial charge in [-0.3, -0.25) is 0 Å². The molecule has 1 aromatic carbocycles. The first kappa shape index (κ1) is 8.41. The minimum Gasteiger partial charge on any atom is -0.399 e. The Morgan fingerprint density at radius 2 is 1.64 bits per heavy atom. The van der Waals surface area contributed by atoms with Gasteiger partial charge in [0, 0.05) is 5.69 Å². The summed E-state index contributed by atoms with van der Waals surface area (Å²) in [6.45, 7) is 0. The zero-order valence-corrected chi connectivity index (χ0v) is 7.10. The van der Waals surface area contributed by atoms with Crippen molar-refractivity contribution in [2.75, 3.05) is 5.73 Å². The Balaban J connectivity index is 0.000000605. The molecule has 2 heteroatoms. The number of rotatable bonds is 1. The first-order valence-corrected chi connectivity index (χ1v) is 3.72. The van der Waals surface area contributed by atoms with E-state index in [2.05, 4.69) is 12.1 Å². The van der Waals surface area contributed by atoms with Gasteiger partial charge in [-0.15, -0.1) is 12.4 Å². The van der Waals surface area contributed by atoms with E-state index in [0.717, 1.165) is 11.6 Å². The average molecular weight is 170 g/mol. The van der Waals surface area contributed by atoms with Crippen LogP contribution in [0, 0.1) is 0 Å². The van der Waals surface area contributed by atoms with E-state index in [-0.39, 0.29) is 12.4 Å². The molecule has 0 radical (unpaired) electrons. The molecule has 0 aliphatic heterocycles. The largest absolute Gasteiger partial charge is 0.399 e. The molecule has 0 heterocycles. The SMILES string of the molecule is Cl.Nc1ccc(C2CC2)cc1. The molecule has 1 aromatic rings. The van der Waals surface area contributed by atoms with E-state index in [4.69, 9.17) is 5.73 Å². The summed E-state index contributed by atoms with van der Waals surface area (Å²) in [4.78, 5) is 0. The normalized spacial score (nSPS) is 15.6. The van der Waals surface area contributed by atoms with Crippen LogP contribution >= 0.6 is 12.4 Å². The van der Waals surface area contributed by atoms with Gasteiger partial charge in [0.2, 0.25) is 0 Å². The summed E-state index contributed by atoms with van der Waals surface area (Å²) in [5.41, 5.74) is 7.87. The Kier molecular flexibility index (Phi) is 2.40. The summed E-state index contributed by atoms with van der Waals surface area (Å²) in [5.74, 6) is 0.848. The summed E-state index contributed by atoms with van der Waals surface area (Å²) in [5, 5.41) is 0. The fraction of sp³-hybridized carbons (Fsp3) is 0.333. The fourth-order valence-corrected chi connectivity index (χ4v) is 1.18. The molecule has 0 amide bonds. The monoisotopic (exact) mass is 169 g/mol. The molecule has 1 aliphatic rings. The molecule has 2 N–H and O–H groups in total. The molecule has 1 fully saturated rings. The number of benzene rings is 1. The highest BCUT2D eigenvalue weighted by atomic mass is 35.5. The van der Waals surface area contributed by atoms with Gasteiger partial charge in [-0.25, -0.2) is 0 Å². The third-order valence-corrected chi connectivity index (χ3v) is 1.99. The van der Waals surface area contributed by atoms with Gasteiger partial charge in [-0.2, -0.15) is 0 Å². The minimum absolute atomic E-state index is 0. The van der Waals surface area contributed by atoms with Gasteiger partial charge in [-0.1, -0.05) is 12.1 Å². The molecular weight excluding hydrogens is 158 g/mol. The van der Waals surface area contributed by atoms with Gasteiger partial charge in [0.05, 0.1) is 0 Å². The average Bonchev–Trinajstić information content (AvgIpc) is 2.71. The second-order valence-electron chi connectivity index (χ2n) is 2.94. The van der Waals surface area contributed by atoms with Crippen molar-refractivity contribution in [3.8, 4) is 0 Å². The van der Waals surface area contributed by atoms with Crippen LogP contribution in [0.4, 0.5) is 5.69 Å². The Labute approximate surface area is 73.0 Å². The van der Waals surface area contributed by atoms with Gasteiger partial charge < -0.3 is 5.73 Å². The van der Waals surface area contributed by atoms with Crippen molar-refractivity contribution in [1.29, 1.82) is 0 Å². The van der Waals surface area contributed by atoms with E-state index in [0.29, 0.717) is 0 Å². The summed E-state index contributed by atoms with van der Waals surface area (Å²) in [6, 6.07) is 8.22. The third-order valence-electron chi connectivity index (χ3n) is 1.99. The van der Waals surface area contributed by atoms with Crippen molar-refractivity contribution in [2.24, 2.45) is 0 Å². The standard InChI is InChI=1S/C9H11N.ClH/c10-9-5-3-8(4-6-9)7-1-2-7;/h3-7H,1-2,10H2;1H. The van der Waals surface area contributed by atoms with E-state index in [9.17, 15) is 0 Å². The summed E-state index contributed by atoms with van der Waals surface area (Å²) < 4.78 is 0. The molecule has 60 valence electrons. The van der Waals surface area contributed by atoms with E-state index in [1.165, 1.54) is 18.4 Å². The van der Waals surface area contributed by atoms with E-state index in [1.54, 1.807) is 0 Å². The molecule has 0 bridgehead atoms. The number of anilines is 1. The first-order chi connectivity index (χ1) is 4.86. The molecule has 1 nitrogen and oxygen atoms in total. The van der Waals surface area contributed by atoms with Crippen LogP contribution in [0.3, 0.4) is 0 Å². The van der Waals surface area contributed by atoms with Gasteiger partial charge in [0.25, 0.3) is 0 Å². The second-order valence-corrected chi connectivity index (χ2v) is 2.94. The Bertz CT molecular complexity index is 226. The maximum absolute atomic E-state index is 5.55. The molecule has 11 heavy (non-hydrogen) atoms. The van der Waals surface area contributed by atoms with Gasteiger partial charge >= 0.3 is 0 Å². The van der Waals surface area contributed by atoms with Crippen LogP contribution in [0.25, 0.3) is 0 Å². The van der Waals surface area contributed by atoms with E-state index >= 15 is 0 Å². The molecule has 0 saturated heterocycles. The highest BCUT2D eigenvalue weighted by Gasteiger charge is 2.22. The van der Waals surface area contributed by atoms with Crippen molar-refractivity contribution in [2.45, 2.75) is 18.8 Å². The molecule has 0 unspecified atom stereocenters. The molecule has 0 atom stereocenters. The van der Waals surface area contributed by atoms with Crippen molar-refractivity contribution in [3.63, 3.8) is 0 Å². The summed E-state index contributed by atoms with van der Waals surface area (Å²) in [7, 11) is 0. The Morgan fingerprint density at radius 3 is 2.09 bits per heavy atom. The van der Waals surface area contributed by atoms with Crippen LogP contribution in [-0.2, 0) is 0 Å². The topological polar surface area (TPSA) is 26.0 Å². The van der Waals surface area contributed by atoms with Crippen molar-refractivity contribution in [1.82, 2.24) is 0 Å². The zero-order valence-electron chi connectivity index (χ0n) is 6.29. The number of nitrogens with two attached hydrogens (primary N) is 1. The number of nitrogen functional groups attached to an aromatic ring is 1. The maximum atomic E-state index is 5.55. The van der Waals surface area contributed by atoms with Crippen LogP contribution in [0.5, 0.6) is 0 Å². The second kappa shape index (κ2) is 3.14. The smallest absolute Gasteiger partial charge is 0.0314 e. The zero-order chi connectivity index (χ0) is 6.97. The predicted octanol–water partition coefficient (Wildman–Crippen LogP) is 2.57. The maximum Gasteiger partial charge on any atom is 0.0314 e. The summed E-state index contributed by atoms with van der Waals surface area (Å²) >= 11 is 0. The highest BCUT2D eigenvalue weighted by Crippen LogP contribution is 2.39. The molecule has 0 spiro atoms. The van der Waals surface area contributed by atoms with Crippen LogP contribution in [0.2, 0.25) is 0 Å². The summed E-state index contributed by atoms with van der Waals surface area (Å²) in [6.07, 6.45) is 2.73. The van der Waals surface area contributed by atoms with Crippen molar-refractivity contribution < 1.29 is 0 Å². The third kappa shape index (κ3) is 1.87. The van der Waals surface area contributed by atoms with Gasteiger partial charge in [0.15, 0.2) is 0 Å². The predicted molar refractivity (Wildman–Crippen MR) is 50.1 cm³/mol. The first-order valence-electron chi connectivity index (χ1n) is 3.72. The van der Waals surface area contributed by atoms with Crippen molar-refractivity contribution in [3.05, 3.63) is 29.8 Å². The van der Waals surface area contributed by atoms with Crippen LogP contribution < -0.4 is 5.73 Å². The lowest BCUT2D eigenvalue weighted by atomic mass is 10.1. The molecular formula is C9H12ClN. The van der Waals surface area contributed by atoms with Crippen LogP contribution in [0.15, 0.2) is 24.3 Å². The fourth-order valence-electron chi connectivity index (χ4n) is 1.18. The van der Waals surface area contributed by atoms with Gasteiger partial charge in [0.1, 0.15) is 0 Å². The Hall–Kier alpha value is -0.690.